The van der Waals surface area contributed by atoms with Crippen LogP contribution in [0.2, 0.25) is 16.6 Å². The summed E-state index contributed by atoms with van der Waals surface area (Å²) in [5.41, 5.74) is 9.62. The van der Waals surface area contributed by atoms with Crippen molar-refractivity contribution in [2.45, 2.75) is 76.6 Å². The van der Waals surface area contributed by atoms with Crippen LogP contribution >= 0.6 is 0 Å². The van der Waals surface area contributed by atoms with Crippen LogP contribution in [0.25, 0.3) is 39.1 Å². The van der Waals surface area contributed by atoms with Gasteiger partial charge in [0.1, 0.15) is 11.5 Å². The molecule has 8 rings (SSSR count). The molecule has 6 heteroatoms. The standard InChI is InChI=1S/C52H57NO4Si/c1-35(2)58(36(3)4,37(5)6)57-44-26-20-39(21-27-44)38-16-18-40(19-17-38)46-32-49-45(47-33-50(54-7)51(55-8)34-48(46)47)28-29-52(56-49,41-14-10-9-11-15-41)42-22-24-43(25-23-42)53-30-12-13-31-53/h9-11,14-29,32-37H,12-13,30-31H2,1-8H3. The maximum absolute atomic E-state index is 7.36. The molecule has 0 spiro atoms. The minimum atomic E-state index is -2.04. The van der Waals surface area contributed by atoms with Gasteiger partial charge < -0.3 is 23.5 Å². The van der Waals surface area contributed by atoms with Gasteiger partial charge in [0, 0.05) is 35.5 Å². The molecule has 0 N–H and O–H groups in total. The first-order chi connectivity index (χ1) is 28.1. The van der Waals surface area contributed by atoms with E-state index in [1.54, 1.807) is 14.2 Å². The summed E-state index contributed by atoms with van der Waals surface area (Å²) >= 11 is 0. The highest BCUT2D eigenvalue weighted by atomic mass is 28.4. The second kappa shape index (κ2) is 16.1. The summed E-state index contributed by atoms with van der Waals surface area (Å²) in [6.45, 7) is 16.2. The predicted octanol–water partition coefficient (Wildman–Crippen LogP) is 13.7. The Labute approximate surface area is 346 Å². The summed E-state index contributed by atoms with van der Waals surface area (Å²) in [6.07, 6.45) is 6.93. The van der Waals surface area contributed by atoms with E-state index < -0.39 is 13.9 Å². The molecule has 0 aromatic heterocycles. The van der Waals surface area contributed by atoms with Crippen molar-refractivity contribution >= 4 is 30.9 Å². The average Bonchev–Trinajstić information content (AvgIpc) is 3.80. The summed E-state index contributed by atoms with van der Waals surface area (Å²) in [4.78, 5) is 2.47. The first-order valence-corrected chi connectivity index (χ1v) is 23.1. The van der Waals surface area contributed by atoms with Gasteiger partial charge in [-0.3, -0.25) is 0 Å². The molecule has 0 aliphatic carbocycles. The largest absolute Gasteiger partial charge is 0.543 e. The molecular weight excluding hydrogens is 731 g/mol. The third-order valence-corrected chi connectivity index (χ3v) is 18.8. The molecule has 0 saturated carbocycles. The van der Waals surface area contributed by atoms with Gasteiger partial charge in [-0.05, 0) is 117 Å². The summed E-state index contributed by atoms with van der Waals surface area (Å²) in [5.74, 6) is 3.15. The highest BCUT2D eigenvalue weighted by Gasteiger charge is 2.47. The SMILES string of the molecule is COc1cc2c(-c3ccc(-c4ccc(O[Si](C(C)C)(C(C)C)C(C)C)cc4)cc3)cc3c(c2cc1OC)C=CC(c1ccccc1)(c1ccc(N2CCCC2)cc1)O3. The number of methoxy groups -OCH3 is 2. The monoisotopic (exact) mass is 787 g/mol. The topological polar surface area (TPSA) is 40.2 Å². The second-order valence-corrected chi connectivity index (χ2v) is 22.3. The minimum Gasteiger partial charge on any atom is -0.543 e. The van der Waals surface area contributed by atoms with Crippen LogP contribution < -0.4 is 23.5 Å². The van der Waals surface area contributed by atoms with E-state index in [4.69, 9.17) is 18.6 Å². The van der Waals surface area contributed by atoms with Crippen LogP contribution in [0.15, 0.2) is 127 Å². The molecule has 2 heterocycles. The fourth-order valence-electron chi connectivity index (χ4n) is 9.82. The first kappa shape index (κ1) is 39.4. The fraction of sp³-hybridized carbons (Fsp3) is 0.308. The summed E-state index contributed by atoms with van der Waals surface area (Å²) in [5, 5.41) is 2.10. The van der Waals surface area contributed by atoms with Crippen LogP contribution in [0.1, 0.15) is 71.1 Å². The number of anilines is 1. The molecule has 0 amide bonds. The lowest BCUT2D eigenvalue weighted by Crippen LogP contribution is -2.50. The lowest BCUT2D eigenvalue weighted by atomic mass is 9.82. The normalized spacial score (nSPS) is 16.6. The van der Waals surface area contributed by atoms with E-state index in [9.17, 15) is 0 Å². The Morgan fingerprint density at radius 3 is 1.71 bits per heavy atom. The van der Waals surface area contributed by atoms with Crippen molar-refractivity contribution in [3.8, 4) is 45.3 Å². The highest BCUT2D eigenvalue weighted by Crippen LogP contribution is 2.49. The molecule has 1 fully saturated rings. The smallest absolute Gasteiger partial charge is 0.258 e. The van der Waals surface area contributed by atoms with Crippen LogP contribution in [-0.2, 0) is 5.60 Å². The molecule has 2 aliphatic heterocycles. The number of nitrogens with zero attached hydrogens (tertiary/aromatic N) is 1. The van der Waals surface area contributed by atoms with Crippen molar-refractivity contribution in [2.75, 3.05) is 32.2 Å². The number of hydrogen-bond donors (Lipinski definition) is 0. The van der Waals surface area contributed by atoms with E-state index in [1.807, 2.05) is 0 Å². The van der Waals surface area contributed by atoms with E-state index in [0.29, 0.717) is 28.1 Å². The Hall–Kier alpha value is -5.46. The molecule has 1 unspecified atom stereocenters. The second-order valence-electron chi connectivity index (χ2n) is 16.9. The van der Waals surface area contributed by atoms with Gasteiger partial charge >= 0.3 is 0 Å². The third-order valence-electron chi connectivity index (χ3n) is 12.8. The van der Waals surface area contributed by atoms with Crippen LogP contribution in [0.3, 0.4) is 0 Å². The molecule has 1 atom stereocenters. The highest BCUT2D eigenvalue weighted by molar-refractivity contribution is 6.78. The van der Waals surface area contributed by atoms with Gasteiger partial charge in [0.25, 0.3) is 8.32 Å². The Balaban J connectivity index is 1.19. The van der Waals surface area contributed by atoms with Crippen molar-refractivity contribution in [3.63, 3.8) is 0 Å². The van der Waals surface area contributed by atoms with Gasteiger partial charge in [-0.25, -0.2) is 0 Å². The number of hydrogen-bond acceptors (Lipinski definition) is 5. The molecule has 2 aliphatic rings. The van der Waals surface area contributed by atoms with E-state index in [2.05, 4.69) is 180 Å². The van der Waals surface area contributed by atoms with Crippen molar-refractivity contribution in [1.29, 1.82) is 0 Å². The molecular formula is C52H57NO4Si. The fourth-order valence-corrected chi connectivity index (χ4v) is 15.1. The quantitative estimate of drug-likeness (QED) is 0.116. The van der Waals surface area contributed by atoms with Crippen molar-refractivity contribution in [1.82, 2.24) is 0 Å². The number of ether oxygens (including phenoxy) is 3. The Kier molecular flexibility index (Phi) is 10.9. The van der Waals surface area contributed by atoms with Crippen LogP contribution in [0, 0.1) is 0 Å². The average molecular weight is 788 g/mol. The number of rotatable bonds is 12. The Morgan fingerprint density at radius 2 is 1.14 bits per heavy atom. The third kappa shape index (κ3) is 6.95. The molecule has 6 aromatic rings. The van der Waals surface area contributed by atoms with E-state index >= 15 is 0 Å². The summed E-state index contributed by atoms with van der Waals surface area (Å²) in [6, 6.07) is 43.5. The van der Waals surface area contributed by atoms with E-state index in [-0.39, 0.29) is 0 Å². The molecule has 298 valence electrons. The maximum atomic E-state index is 7.36. The van der Waals surface area contributed by atoms with Gasteiger partial charge in [0.15, 0.2) is 17.1 Å². The Bertz CT molecular complexity index is 2380. The molecule has 6 aromatic carbocycles. The van der Waals surface area contributed by atoms with Gasteiger partial charge in [-0.1, -0.05) is 120 Å². The van der Waals surface area contributed by atoms with Gasteiger partial charge in [-0.2, -0.15) is 0 Å². The van der Waals surface area contributed by atoms with Gasteiger partial charge in [0.05, 0.1) is 14.2 Å². The zero-order valence-corrected chi connectivity index (χ0v) is 36.3. The van der Waals surface area contributed by atoms with Crippen LogP contribution in [0.5, 0.6) is 23.0 Å². The first-order valence-electron chi connectivity index (χ1n) is 21.0. The van der Waals surface area contributed by atoms with E-state index in [1.165, 1.54) is 18.5 Å². The molecule has 1 saturated heterocycles. The lowest BCUT2D eigenvalue weighted by Gasteiger charge is -2.42. The maximum Gasteiger partial charge on any atom is 0.258 e. The molecule has 0 bridgehead atoms. The predicted molar refractivity (Wildman–Crippen MR) is 244 cm³/mol. The number of fused-ring (bicyclic) bond motifs is 3. The van der Waals surface area contributed by atoms with Crippen LogP contribution in [0.4, 0.5) is 5.69 Å². The lowest BCUT2D eigenvalue weighted by molar-refractivity contribution is 0.161. The van der Waals surface area contributed by atoms with Crippen molar-refractivity contribution in [3.05, 3.63) is 144 Å². The van der Waals surface area contributed by atoms with Crippen LogP contribution in [-0.4, -0.2) is 35.6 Å². The molecule has 0 radical (unpaired) electrons. The van der Waals surface area contributed by atoms with E-state index in [0.717, 1.165) is 74.3 Å². The van der Waals surface area contributed by atoms with Crippen molar-refractivity contribution < 1.29 is 18.6 Å². The van der Waals surface area contributed by atoms with Gasteiger partial charge in [0.2, 0.25) is 0 Å². The Morgan fingerprint density at radius 1 is 0.603 bits per heavy atom. The summed E-state index contributed by atoms with van der Waals surface area (Å²) < 4.78 is 26.0. The number of benzene rings is 6. The molecule has 58 heavy (non-hydrogen) atoms. The van der Waals surface area contributed by atoms with Crippen molar-refractivity contribution in [2.24, 2.45) is 0 Å². The van der Waals surface area contributed by atoms with Gasteiger partial charge in [-0.15, -0.1) is 0 Å². The summed E-state index contributed by atoms with van der Waals surface area (Å²) in [7, 11) is 1.33. The zero-order valence-electron chi connectivity index (χ0n) is 35.3. The minimum absolute atomic E-state index is 0.516. The zero-order chi connectivity index (χ0) is 40.6. The molecule has 5 nitrogen and oxygen atoms in total.